The standard InChI is InChI=1S/C11H20N4S2.HI/c1-4-12-11(13-5-6-16-3)14-7-10-9(2)15-8-17-10;/h8H,4-7H2,1-3H3,(H2,12,13,14);1H. The monoisotopic (exact) mass is 400 g/mol. The highest BCUT2D eigenvalue weighted by molar-refractivity contribution is 14.0. The summed E-state index contributed by atoms with van der Waals surface area (Å²) in [6.07, 6.45) is 2.10. The molecule has 0 saturated heterocycles. The number of hydrogen-bond donors (Lipinski definition) is 2. The minimum Gasteiger partial charge on any atom is -0.357 e. The number of nitrogens with zero attached hydrogens (tertiary/aromatic N) is 2. The zero-order chi connectivity index (χ0) is 12.5. The summed E-state index contributed by atoms with van der Waals surface area (Å²) in [6, 6.07) is 0. The highest BCUT2D eigenvalue weighted by Gasteiger charge is 2.01. The van der Waals surface area contributed by atoms with Crippen molar-refractivity contribution in [1.82, 2.24) is 15.6 Å². The Bertz CT molecular complexity index is 355. The topological polar surface area (TPSA) is 49.3 Å². The van der Waals surface area contributed by atoms with E-state index in [0.717, 1.165) is 30.5 Å². The fourth-order valence-electron chi connectivity index (χ4n) is 1.24. The molecule has 2 N–H and O–H groups in total. The van der Waals surface area contributed by atoms with Gasteiger partial charge in [0.1, 0.15) is 0 Å². The van der Waals surface area contributed by atoms with Crippen LogP contribution in [0.2, 0.25) is 0 Å². The average molecular weight is 400 g/mol. The molecule has 7 heteroatoms. The summed E-state index contributed by atoms with van der Waals surface area (Å²) >= 11 is 3.49. The number of guanidine groups is 1. The SMILES string of the molecule is CCNC(=NCc1scnc1C)NCCSC.I. The number of thioether (sulfide) groups is 1. The van der Waals surface area contributed by atoms with Crippen LogP contribution in [0.1, 0.15) is 17.5 Å². The number of hydrogen-bond acceptors (Lipinski definition) is 4. The van der Waals surface area contributed by atoms with Gasteiger partial charge in [0.25, 0.3) is 0 Å². The minimum absolute atomic E-state index is 0. The smallest absolute Gasteiger partial charge is 0.191 e. The van der Waals surface area contributed by atoms with Gasteiger partial charge in [-0.05, 0) is 20.1 Å². The highest BCUT2D eigenvalue weighted by Crippen LogP contribution is 2.12. The molecule has 0 aliphatic rings. The van der Waals surface area contributed by atoms with E-state index in [-0.39, 0.29) is 24.0 Å². The van der Waals surface area contributed by atoms with Crippen LogP contribution in [0.3, 0.4) is 0 Å². The molecule has 1 aromatic rings. The van der Waals surface area contributed by atoms with Crippen LogP contribution in [0.25, 0.3) is 0 Å². The van der Waals surface area contributed by atoms with Crippen molar-refractivity contribution < 1.29 is 0 Å². The van der Waals surface area contributed by atoms with Crippen molar-refractivity contribution in [1.29, 1.82) is 0 Å². The normalized spacial score (nSPS) is 10.9. The largest absolute Gasteiger partial charge is 0.357 e. The summed E-state index contributed by atoms with van der Waals surface area (Å²) in [7, 11) is 0. The van der Waals surface area contributed by atoms with E-state index in [1.165, 1.54) is 4.88 Å². The van der Waals surface area contributed by atoms with Gasteiger partial charge in [0.05, 0.1) is 17.7 Å². The third kappa shape index (κ3) is 6.79. The summed E-state index contributed by atoms with van der Waals surface area (Å²) in [5, 5.41) is 6.54. The van der Waals surface area contributed by atoms with E-state index in [1.807, 2.05) is 24.2 Å². The van der Waals surface area contributed by atoms with Gasteiger partial charge in [-0.25, -0.2) is 9.98 Å². The van der Waals surface area contributed by atoms with Gasteiger partial charge >= 0.3 is 0 Å². The molecule has 0 aliphatic carbocycles. The van der Waals surface area contributed by atoms with Crippen LogP contribution in [-0.2, 0) is 6.54 Å². The molecule has 0 amide bonds. The maximum Gasteiger partial charge on any atom is 0.191 e. The summed E-state index contributed by atoms with van der Waals surface area (Å²) in [5.41, 5.74) is 2.95. The second kappa shape index (κ2) is 10.9. The average Bonchev–Trinajstić information content (AvgIpc) is 2.72. The van der Waals surface area contributed by atoms with Crippen molar-refractivity contribution in [2.45, 2.75) is 20.4 Å². The molecule has 0 saturated carbocycles. The minimum atomic E-state index is 0. The van der Waals surface area contributed by atoms with Gasteiger partial charge in [0.15, 0.2) is 5.96 Å². The van der Waals surface area contributed by atoms with E-state index in [0.29, 0.717) is 6.54 Å². The fraction of sp³-hybridized carbons (Fsp3) is 0.636. The van der Waals surface area contributed by atoms with Gasteiger partial charge in [0, 0.05) is 23.7 Å². The van der Waals surface area contributed by atoms with Crippen molar-refractivity contribution in [3.63, 3.8) is 0 Å². The summed E-state index contributed by atoms with van der Waals surface area (Å²) in [4.78, 5) is 9.99. The van der Waals surface area contributed by atoms with E-state index in [9.17, 15) is 0 Å². The van der Waals surface area contributed by atoms with E-state index >= 15 is 0 Å². The van der Waals surface area contributed by atoms with Crippen molar-refractivity contribution in [2.75, 3.05) is 25.1 Å². The summed E-state index contributed by atoms with van der Waals surface area (Å²) < 4.78 is 0. The Kier molecular flexibility index (Phi) is 10.8. The van der Waals surface area contributed by atoms with Crippen molar-refractivity contribution in [3.05, 3.63) is 16.1 Å². The molecule has 0 aromatic carbocycles. The fourth-order valence-corrected chi connectivity index (χ4v) is 2.25. The molecule has 0 spiro atoms. The number of rotatable bonds is 6. The van der Waals surface area contributed by atoms with Crippen molar-refractivity contribution in [3.8, 4) is 0 Å². The molecule has 0 unspecified atom stereocenters. The number of nitrogens with one attached hydrogen (secondary N) is 2. The lowest BCUT2D eigenvalue weighted by Crippen LogP contribution is -2.38. The second-order valence-electron chi connectivity index (χ2n) is 3.48. The maximum absolute atomic E-state index is 4.54. The van der Waals surface area contributed by atoms with Crippen LogP contribution < -0.4 is 10.6 Å². The molecule has 104 valence electrons. The number of thiazole rings is 1. The Hall–Kier alpha value is -0.0200. The second-order valence-corrected chi connectivity index (χ2v) is 5.40. The van der Waals surface area contributed by atoms with Gasteiger partial charge < -0.3 is 10.6 Å². The lowest BCUT2D eigenvalue weighted by atomic mass is 10.4. The first kappa shape index (κ1) is 18.0. The number of aryl methyl sites for hydroxylation is 1. The third-order valence-electron chi connectivity index (χ3n) is 2.17. The molecule has 1 rings (SSSR count). The first-order valence-electron chi connectivity index (χ1n) is 5.68. The van der Waals surface area contributed by atoms with Gasteiger partial charge in [0.2, 0.25) is 0 Å². The lowest BCUT2D eigenvalue weighted by Gasteiger charge is -2.10. The van der Waals surface area contributed by atoms with Gasteiger partial charge in [-0.1, -0.05) is 0 Å². The third-order valence-corrected chi connectivity index (χ3v) is 3.70. The molecule has 0 radical (unpaired) electrons. The van der Waals surface area contributed by atoms with Crippen LogP contribution in [0.4, 0.5) is 0 Å². The first-order valence-corrected chi connectivity index (χ1v) is 7.95. The Morgan fingerprint density at radius 1 is 1.50 bits per heavy atom. The lowest BCUT2D eigenvalue weighted by molar-refractivity contribution is 0.844. The number of halogens is 1. The zero-order valence-corrected chi connectivity index (χ0v) is 15.0. The summed E-state index contributed by atoms with van der Waals surface area (Å²) in [6.45, 7) is 6.62. The quantitative estimate of drug-likeness (QED) is 0.334. The van der Waals surface area contributed by atoms with E-state index < -0.39 is 0 Å². The Morgan fingerprint density at radius 2 is 2.28 bits per heavy atom. The first-order chi connectivity index (χ1) is 8.27. The molecular weight excluding hydrogens is 379 g/mol. The van der Waals surface area contributed by atoms with Crippen LogP contribution in [0.5, 0.6) is 0 Å². The molecule has 18 heavy (non-hydrogen) atoms. The van der Waals surface area contributed by atoms with Gasteiger partial charge in [-0.15, -0.1) is 35.3 Å². The zero-order valence-electron chi connectivity index (χ0n) is 11.0. The maximum atomic E-state index is 4.54. The van der Waals surface area contributed by atoms with Crippen LogP contribution in [0.15, 0.2) is 10.5 Å². The molecule has 1 heterocycles. The Balaban J connectivity index is 0.00000289. The van der Waals surface area contributed by atoms with E-state index in [1.54, 1.807) is 11.3 Å². The highest BCUT2D eigenvalue weighted by atomic mass is 127. The predicted octanol–water partition coefficient (Wildman–Crippen LogP) is 2.49. The Labute approximate surface area is 134 Å². The van der Waals surface area contributed by atoms with Gasteiger partial charge in [-0.2, -0.15) is 11.8 Å². The number of aliphatic imine (C=N–C) groups is 1. The molecule has 0 fully saturated rings. The van der Waals surface area contributed by atoms with Crippen molar-refractivity contribution in [2.24, 2.45) is 4.99 Å². The predicted molar refractivity (Wildman–Crippen MR) is 93.5 cm³/mol. The van der Waals surface area contributed by atoms with Crippen LogP contribution in [-0.4, -0.2) is 36.0 Å². The summed E-state index contributed by atoms with van der Waals surface area (Å²) in [5.74, 6) is 1.97. The molecule has 0 aliphatic heterocycles. The molecule has 0 bridgehead atoms. The number of aromatic nitrogens is 1. The molecule has 0 atom stereocenters. The molecular formula is C11H21IN4S2. The molecule has 1 aromatic heterocycles. The van der Waals surface area contributed by atoms with E-state index in [4.69, 9.17) is 0 Å². The van der Waals surface area contributed by atoms with Crippen LogP contribution in [0, 0.1) is 6.92 Å². The Morgan fingerprint density at radius 3 is 2.83 bits per heavy atom. The molecule has 4 nitrogen and oxygen atoms in total. The van der Waals surface area contributed by atoms with Crippen molar-refractivity contribution >= 4 is 53.0 Å². The van der Waals surface area contributed by atoms with Crippen LogP contribution >= 0.6 is 47.1 Å². The van der Waals surface area contributed by atoms with E-state index in [2.05, 4.69) is 33.8 Å². The van der Waals surface area contributed by atoms with Gasteiger partial charge in [-0.3, -0.25) is 0 Å².